The first-order chi connectivity index (χ1) is 21.2. The zero-order valence-electron chi connectivity index (χ0n) is 23.8. The second-order valence-electron chi connectivity index (χ2n) is 9.99. The van der Waals surface area contributed by atoms with Gasteiger partial charge in [-0.2, -0.15) is 17.5 Å². The summed E-state index contributed by atoms with van der Waals surface area (Å²) in [6.07, 6.45) is -0.275. The van der Waals surface area contributed by atoms with Crippen molar-refractivity contribution in [2.24, 2.45) is 5.73 Å². The zero-order chi connectivity index (χ0) is 33.0. The highest BCUT2D eigenvalue weighted by Gasteiger charge is 2.41. The van der Waals surface area contributed by atoms with Gasteiger partial charge in [-0.05, 0) is 35.9 Å². The lowest BCUT2D eigenvalue weighted by atomic mass is 10.0. The first kappa shape index (κ1) is 33.6. The molecule has 240 valence electrons. The summed E-state index contributed by atoms with van der Waals surface area (Å²) in [4.78, 5) is 25.7. The first-order valence-electron chi connectivity index (χ1n) is 13.6. The number of carbonyl (C=O) groups is 1. The molecular formula is C29H29F5N6O4S. The molecule has 0 saturated carbocycles. The van der Waals surface area contributed by atoms with Crippen molar-refractivity contribution < 1.29 is 40.3 Å². The van der Waals surface area contributed by atoms with Gasteiger partial charge in [-0.3, -0.25) is 9.78 Å². The normalized spacial score (nSPS) is 16.2. The van der Waals surface area contributed by atoms with Crippen molar-refractivity contribution in [1.29, 1.82) is 0 Å². The molecular weight excluding hydrogens is 623 g/mol. The lowest BCUT2D eigenvalue weighted by Crippen LogP contribution is -2.58. The fourth-order valence-corrected chi connectivity index (χ4v) is 6.07. The van der Waals surface area contributed by atoms with Gasteiger partial charge >= 0.3 is 12.1 Å². The number of sulfonamides is 1. The van der Waals surface area contributed by atoms with Crippen molar-refractivity contribution in [1.82, 2.24) is 19.3 Å². The molecule has 1 aliphatic rings. The SMILES string of the molecule is CCC(F)(F)c1ccc(CN)cc1.O=C(O)[C@H]1CN(c2cnc3cnccc3n2)CCN1S(=O)(=O)c1ccc(C(F)(F)F)cc1. The Morgan fingerprint density at radius 3 is 2.18 bits per heavy atom. The fourth-order valence-electron chi connectivity index (χ4n) is 4.51. The number of carboxylic acids is 1. The summed E-state index contributed by atoms with van der Waals surface area (Å²) in [7, 11) is -4.34. The molecule has 1 atom stereocenters. The third kappa shape index (κ3) is 7.69. The highest BCUT2D eigenvalue weighted by Crippen LogP contribution is 2.32. The number of fused-ring (bicyclic) bond motifs is 1. The zero-order valence-corrected chi connectivity index (χ0v) is 24.6. The number of aromatic nitrogens is 3. The first-order valence-corrected chi connectivity index (χ1v) is 15.0. The van der Waals surface area contributed by atoms with Gasteiger partial charge in [0.1, 0.15) is 17.4 Å². The third-order valence-electron chi connectivity index (χ3n) is 7.12. The molecule has 2 aromatic heterocycles. The van der Waals surface area contributed by atoms with Crippen molar-refractivity contribution in [3.8, 4) is 0 Å². The molecule has 0 amide bonds. The number of halogens is 5. The maximum absolute atomic E-state index is 13.1. The van der Waals surface area contributed by atoms with Crippen molar-refractivity contribution >= 4 is 32.8 Å². The number of alkyl halides is 5. The number of hydrogen-bond donors (Lipinski definition) is 2. The largest absolute Gasteiger partial charge is 0.480 e. The van der Waals surface area contributed by atoms with E-state index in [2.05, 4.69) is 15.0 Å². The molecule has 4 aromatic rings. The van der Waals surface area contributed by atoms with Crippen LogP contribution >= 0.6 is 0 Å². The number of hydrogen-bond acceptors (Lipinski definition) is 8. The van der Waals surface area contributed by atoms with E-state index in [-0.39, 0.29) is 31.6 Å². The predicted molar refractivity (Wildman–Crippen MR) is 155 cm³/mol. The van der Waals surface area contributed by atoms with Gasteiger partial charge in [-0.25, -0.2) is 27.2 Å². The van der Waals surface area contributed by atoms with Crippen molar-refractivity contribution in [3.05, 3.63) is 89.9 Å². The summed E-state index contributed by atoms with van der Waals surface area (Å²) in [6.45, 7) is 1.57. The monoisotopic (exact) mass is 652 g/mol. The van der Waals surface area contributed by atoms with E-state index < -0.39 is 44.6 Å². The lowest BCUT2D eigenvalue weighted by Gasteiger charge is -2.38. The number of anilines is 1. The number of piperazine rings is 1. The summed E-state index contributed by atoms with van der Waals surface area (Å²) in [5.74, 6) is -3.72. The van der Waals surface area contributed by atoms with Crippen LogP contribution in [0, 0.1) is 0 Å². The Morgan fingerprint density at radius 1 is 0.956 bits per heavy atom. The van der Waals surface area contributed by atoms with Crippen molar-refractivity contribution in [2.75, 3.05) is 24.5 Å². The predicted octanol–water partition coefficient (Wildman–Crippen LogP) is 4.65. The molecule has 10 nitrogen and oxygen atoms in total. The lowest BCUT2D eigenvalue weighted by molar-refractivity contribution is -0.141. The van der Waals surface area contributed by atoms with Gasteiger partial charge in [-0.1, -0.05) is 31.2 Å². The molecule has 45 heavy (non-hydrogen) atoms. The highest BCUT2D eigenvalue weighted by molar-refractivity contribution is 7.89. The molecule has 0 radical (unpaired) electrons. The van der Waals surface area contributed by atoms with Gasteiger partial charge in [0.05, 0.1) is 28.4 Å². The number of nitrogens with two attached hydrogens (primary N) is 1. The van der Waals surface area contributed by atoms with Gasteiger partial charge < -0.3 is 15.7 Å². The highest BCUT2D eigenvalue weighted by atomic mass is 32.2. The molecule has 5 rings (SSSR count). The van der Waals surface area contributed by atoms with Crippen LogP contribution in [0.2, 0.25) is 0 Å². The third-order valence-corrected chi connectivity index (χ3v) is 9.04. The molecule has 3 heterocycles. The van der Waals surface area contributed by atoms with Crippen molar-refractivity contribution in [2.45, 2.75) is 42.9 Å². The molecule has 0 aliphatic carbocycles. The van der Waals surface area contributed by atoms with E-state index in [1.54, 1.807) is 23.1 Å². The maximum Gasteiger partial charge on any atom is 0.416 e. The van der Waals surface area contributed by atoms with E-state index in [1.807, 2.05) is 0 Å². The topological polar surface area (TPSA) is 143 Å². The van der Waals surface area contributed by atoms with E-state index in [0.29, 0.717) is 35.5 Å². The maximum atomic E-state index is 13.1. The van der Waals surface area contributed by atoms with Crippen LogP contribution in [0.15, 0.2) is 78.1 Å². The molecule has 0 unspecified atom stereocenters. The Morgan fingerprint density at radius 2 is 1.60 bits per heavy atom. The van der Waals surface area contributed by atoms with Gasteiger partial charge in [0.2, 0.25) is 10.0 Å². The number of nitrogens with zero attached hydrogens (tertiary/aromatic N) is 5. The summed E-state index contributed by atoms with van der Waals surface area (Å²) >= 11 is 0. The quantitative estimate of drug-likeness (QED) is 0.273. The van der Waals surface area contributed by atoms with Gasteiger partial charge in [-0.15, -0.1) is 0 Å². The molecule has 3 N–H and O–H groups in total. The second-order valence-corrected chi connectivity index (χ2v) is 11.9. The Kier molecular flexibility index (Phi) is 9.99. The van der Waals surface area contributed by atoms with Crippen LogP contribution in [-0.2, 0) is 33.5 Å². The number of pyridine rings is 1. The number of carboxylic acid groups (broad SMARTS) is 1. The molecule has 16 heteroatoms. The van der Waals surface area contributed by atoms with Crippen LogP contribution in [0.5, 0.6) is 0 Å². The molecule has 1 aliphatic heterocycles. The average molecular weight is 653 g/mol. The smallest absolute Gasteiger partial charge is 0.416 e. The molecule has 1 saturated heterocycles. The second kappa shape index (κ2) is 13.4. The minimum Gasteiger partial charge on any atom is -0.480 e. The summed E-state index contributed by atoms with van der Waals surface area (Å²) < 4.78 is 91.3. The van der Waals surface area contributed by atoms with Crippen LogP contribution in [0.3, 0.4) is 0 Å². The Balaban J connectivity index is 0.000000297. The van der Waals surface area contributed by atoms with Crippen LogP contribution in [-0.4, -0.2) is 64.4 Å². The van der Waals surface area contributed by atoms with E-state index in [9.17, 15) is 40.3 Å². The van der Waals surface area contributed by atoms with Gasteiger partial charge in [0.25, 0.3) is 5.92 Å². The summed E-state index contributed by atoms with van der Waals surface area (Å²) in [5.41, 5.74) is 6.38. The van der Waals surface area contributed by atoms with Crippen molar-refractivity contribution in [3.63, 3.8) is 0 Å². The number of aliphatic carboxylic acids is 1. The van der Waals surface area contributed by atoms with Gasteiger partial charge in [0, 0.05) is 44.4 Å². The van der Waals surface area contributed by atoms with E-state index in [1.165, 1.54) is 37.6 Å². The molecule has 2 aromatic carbocycles. The van der Waals surface area contributed by atoms with Crippen LogP contribution in [0.25, 0.3) is 11.0 Å². The standard InChI is InChI=1S/C19H16F3N5O4S.C10H13F2N/c20-19(21,22)12-1-3-13(4-2-12)32(30,31)27-8-7-26(11-16(27)18(28)29)17-10-24-15-9-23-6-5-14(15)25-17;1-2-10(11,12)9-5-3-8(7-13)4-6-9/h1-6,9-10,16H,7-8,11H2,(H,28,29);3-6H,2,7,13H2,1H3/t16-;/m1./s1. The number of benzene rings is 2. The minimum atomic E-state index is -4.62. The Hall–Kier alpha value is -4.28. The fraction of sp³-hybridized carbons (Fsp3) is 0.310. The average Bonchev–Trinajstić information content (AvgIpc) is 3.04. The van der Waals surface area contributed by atoms with E-state index in [0.717, 1.165) is 22.0 Å². The Bertz CT molecular complexity index is 1740. The summed E-state index contributed by atoms with van der Waals surface area (Å²) in [6, 6.07) is 9.28. The Labute approximate surface area is 255 Å². The molecule has 0 bridgehead atoms. The minimum absolute atomic E-state index is 0.0622. The molecule has 0 spiro atoms. The van der Waals surface area contributed by atoms with Crippen LogP contribution in [0.1, 0.15) is 30.0 Å². The van der Waals surface area contributed by atoms with Crippen LogP contribution in [0.4, 0.5) is 27.8 Å². The molecule has 1 fully saturated rings. The van der Waals surface area contributed by atoms with Gasteiger partial charge in [0.15, 0.2) is 0 Å². The van der Waals surface area contributed by atoms with E-state index in [4.69, 9.17) is 5.73 Å². The van der Waals surface area contributed by atoms with E-state index >= 15 is 0 Å². The number of rotatable bonds is 7. The van der Waals surface area contributed by atoms with Crippen LogP contribution < -0.4 is 10.6 Å². The summed E-state index contributed by atoms with van der Waals surface area (Å²) in [5, 5.41) is 9.68.